The van der Waals surface area contributed by atoms with Crippen molar-refractivity contribution in [1.29, 1.82) is 0 Å². The van der Waals surface area contributed by atoms with Crippen molar-refractivity contribution in [3.8, 4) is 11.5 Å². The Hall–Kier alpha value is -0.910. The van der Waals surface area contributed by atoms with Crippen molar-refractivity contribution < 1.29 is 9.57 Å². The molecule has 5 heteroatoms. The highest BCUT2D eigenvalue weighted by atomic mass is 32.2. The van der Waals surface area contributed by atoms with Gasteiger partial charge in [-0.3, -0.25) is 5.14 Å². The maximum Gasteiger partial charge on any atom is 0.152 e. The molecule has 88 valence electrons. The van der Waals surface area contributed by atoms with E-state index in [1.807, 2.05) is 30.3 Å². The normalized spacial score (nSPS) is 21.4. The number of rotatable bonds is 3. The van der Waals surface area contributed by atoms with Crippen LogP contribution in [0.25, 0.3) is 0 Å². The highest BCUT2D eigenvalue weighted by Crippen LogP contribution is 2.42. The second-order valence-corrected chi connectivity index (χ2v) is 4.84. The van der Waals surface area contributed by atoms with Crippen LogP contribution in [0.2, 0.25) is 0 Å². The smallest absolute Gasteiger partial charge is 0.152 e. The molecule has 2 unspecified atom stereocenters. The van der Waals surface area contributed by atoms with Crippen molar-refractivity contribution in [2.75, 3.05) is 14.2 Å². The van der Waals surface area contributed by atoms with Gasteiger partial charge < -0.3 is 9.57 Å². The first-order chi connectivity index (χ1) is 7.67. The van der Waals surface area contributed by atoms with E-state index < -0.39 is 0 Å². The number of fused-ring (bicyclic) bond motifs is 1. The Kier molecular flexibility index (Phi) is 3.28. The van der Waals surface area contributed by atoms with Crippen LogP contribution < -0.4 is 14.7 Å². The first-order valence-corrected chi connectivity index (χ1v) is 6.06. The molecule has 0 spiro atoms. The number of methoxy groups -OCH3 is 1. The predicted molar refractivity (Wildman–Crippen MR) is 65.4 cm³/mol. The van der Waals surface area contributed by atoms with Gasteiger partial charge in [0, 0.05) is 17.9 Å². The number of hydrogen-bond donors (Lipinski definition) is 1. The molecule has 16 heavy (non-hydrogen) atoms. The SMILES string of the molecule is COc1ccc2c(c1)C(C(C)SN)N(C)O2. The fourth-order valence-electron chi connectivity index (χ4n) is 2.00. The molecule has 4 nitrogen and oxygen atoms in total. The zero-order chi connectivity index (χ0) is 11.7. The van der Waals surface area contributed by atoms with Crippen molar-refractivity contribution in [3.05, 3.63) is 23.8 Å². The summed E-state index contributed by atoms with van der Waals surface area (Å²) in [6, 6.07) is 6.00. The molecule has 0 saturated heterocycles. The molecule has 1 aliphatic heterocycles. The summed E-state index contributed by atoms with van der Waals surface area (Å²) in [7, 11) is 3.58. The molecule has 0 aromatic heterocycles. The van der Waals surface area contributed by atoms with Crippen LogP contribution in [0.3, 0.4) is 0 Å². The van der Waals surface area contributed by atoms with E-state index in [-0.39, 0.29) is 11.3 Å². The lowest BCUT2D eigenvalue weighted by molar-refractivity contribution is -0.0430. The van der Waals surface area contributed by atoms with Crippen LogP contribution in [-0.2, 0) is 0 Å². The van der Waals surface area contributed by atoms with Gasteiger partial charge in [-0.2, -0.15) is 0 Å². The third-order valence-electron chi connectivity index (χ3n) is 2.83. The number of nitrogens with zero attached hydrogens (tertiary/aromatic N) is 1. The van der Waals surface area contributed by atoms with Gasteiger partial charge in [0.2, 0.25) is 0 Å². The number of ether oxygens (including phenoxy) is 1. The third kappa shape index (κ3) is 1.86. The van der Waals surface area contributed by atoms with E-state index >= 15 is 0 Å². The van der Waals surface area contributed by atoms with E-state index in [9.17, 15) is 0 Å². The zero-order valence-electron chi connectivity index (χ0n) is 9.64. The average molecular weight is 240 g/mol. The summed E-state index contributed by atoms with van der Waals surface area (Å²) in [6.07, 6.45) is 0. The van der Waals surface area contributed by atoms with Crippen LogP contribution in [0, 0.1) is 0 Å². The van der Waals surface area contributed by atoms with E-state index in [0.29, 0.717) is 0 Å². The molecule has 1 aromatic rings. The van der Waals surface area contributed by atoms with Crippen LogP contribution in [-0.4, -0.2) is 24.5 Å². The van der Waals surface area contributed by atoms with Crippen LogP contribution in [0.5, 0.6) is 11.5 Å². The summed E-state index contributed by atoms with van der Waals surface area (Å²) in [4.78, 5) is 5.65. The molecule has 1 aliphatic rings. The summed E-state index contributed by atoms with van der Waals surface area (Å²) >= 11 is 1.34. The molecule has 2 rings (SSSR count). The molecule has 0 aliphatic carbocycles. The molecule has 0 saturated carbocycles. The standard InChI is InChI=1S/C11H16N2O2S/c1-7(16-12)11-9-6-8(14-3)4-5-10(9)15-13(11)2/h4-7,11H,12H2,1-3H3. The summed E-state index contributed by atoms with van der Waals surface area (Å²) < 4.78 is 5.22. The minimum Gasteiger partial charge on any atom is -0.497 e. The molecule has 1 heterocycles. The Labute approximate surface area is 99.8 Å². The number of hydroxylamine groups is 2. The Balaban J connectivity index is 2.37. The minimum atomic E-state index is 0.167. The lowest BCUT2D eigenvalue weighted by Gasteiger charge is -2.22. The fraction of sp³-hybridized carbons (Fsp3) is 0.455. The van der Waals surface area contributed by atoms with Gasteiger partial charge in [0.05, 0.1) is 13.2 Å². The van der Waals surface area contributed by atoms with E-state index in [4.69, 9.17) is 14.7 Å². The van der Waals surface area contributed by atoms with E-state index in [1.165, 1.54) is 11.9 Å². The minimum absolute atomic E-state index is 0.167. The molecule has 0 bridgehead atoms. The van der Waals surface area contributed by atoms with Crippen molar-refractivity contribution >= 4 is 11.9 Å². The maximum absolute atomic E-state index is 5.65. The summed E-state index contributed by atoms with van der Waals surface area (Å²) in [5.74, 6) is 1.73. The summed E-state index contributed by atoms with van der Waals surface area (Å²) in [6.45, 7) is 2.09. The number of hydrogen-bond acceptors (Lipinski definition) is 5. The maximum atomic E-state index is 5.65. The quantitative estimate of drug-likeness (QED) is 0.819. The second kappa shape index (κ2) is 4.53. The first-order valence-electron chi connectivity index (χ1n) is 5.11. The molecular weight excluding hydrogens is 224 g/mol. The van der Waals surface area contributed by atoms with Gasteiger partial charge in [0.1, 0.15) is 5.75 Å². The third-order valence-corrected chi connectivity index (χ3v) is 3.52. The highest BCUT2D eigenvalue weighted by molar-refractivity contribution is 7.97. The average Bonchev–Trinajstić information content (AvgIpc) is 2.63. The Morgan fingerprint density at radius 2 is 2.31 bits per heavy atom. The van der Waals surface area contributed by atoms with E-state index in [2.05, 4.69) is 6.92 Å². The number of nitrogens with two attached hydrogens (primary N) is 1. The van der Waals surface area contributed by atoms with E-state index in [1.54, 1.807) is 7.11 Å². The fourth-order valence-corrected chi connectivity index (χ4v) is 2.47. The molecule has 2 atom stereocenters. The predicted octanol–water partition coefficient (Wildman–Crippen LogP) is 1.97. The Morgan fingerprint density at radius 1 is 1.56 bits per heavy atom. The summed E-state index contributed by atoms with van der Waals surface area (Å²) in [5.41, 5.74) is 1.13. The van der Waals surface area contributed by atoms with Crippen LogP contribution in [0.15, 0.2) is 18.2 Å². The second-order valence-electron chi connectivity index (χ2n) is 3.83. The Bertz CT molecular complexity index is 382. The molecule has 1 aromatic carbocycles. The van der Waals surface area contributed by atoms with Crippen LogP contribution >= 0.6 is 11.9 Å². The zero-order valence-corrected chi connectivity index (χ0v) is 10.5. The van der Waals surface area contributed by atoms with Gasteiger partial charge in [0.15, 0.2) is 5.75 Å². The topological polar surface area (TPSA) is 47.7 Å². The van der Waals surface area contributed by atoms with Gasteiger partial charge in [-0.05, 0) is 18.2 Å². The molecule has 0 fully saturated rings. The van der Waals surface area contributed by atoms with Crippen molar-refractivity contribution in [3.63, 3.8) is 0 Å². The molecular formula is C11H16N2O2S. The highest BCUT2D eigenvalue weighted by Gasteiger charge is 2.34. The van der Waals surface area contributed by atoms with E-state index in [0.717, 1.165) is 17.1 Å². The molecule has 0 amide bonds. The van der Waals surface area contributed by atoms with Gasteiger partial charge in [-0.25, -0.2) is 0 Å². The first kappa shape index (κ1) is 11.6. The van der Waals surface area contributed by atoms with Gasteiger partial charge >= 0.3 is 0 Å². The van der Waals surface area contributed by atoms with Gasteiger partial charge in [0.25, 0.3) is 0 Å². The van der Waals surface area contributed by atoms with Crippen LogP contribution in [0.1, 0.15) is 18.5 Å². The number of benzene rings is 1. The molecule has 2 N–H and O–H groups in total. The van der Waals surface area contributed by atoms with Gasteiger partial charge in [-0.1, -0.05) is 18.9 Å². The van der Waals surface area contributed by atoms with Crippen molar-refractivity contribution in [2.24, 2.45) is 5.14 Å². The lowest BCUT2D eigenvalue weighted by atomic mass is 10.0. The Morgan fingerprint density at radius 3 is 2.94 bits per heavy atom. The largest absolute Gasteiger partial charge is 0.497 e. The van der Waals surface area contributed by atoms with Crippen LogP contribution in [0.4, 0.5) is 0 Å². The van der Waals surface area contributed by atoms with Crippen molar-refractivity contribution in [1.82, 2.24) is 5.06 Å². The summed E-state index contributed by atoms with van der Waals surface area (Å²) in [5, 5.41) is 7.75. The van der Waals surface area contributed by atoms with Crippen molar-refractivity contribution in [2.45, 2.75) is 18.2 Å². The molecule has 0 radical (unpaired) electrons. The lowest BCUT2D eigenvalue weighted by Crippen LogP contribution is -2.28. The van der Waals surface area contributed by atoms with Gasteiger partial charge in [-0.15, -0.1) is 5.06 Å². The monoisotopic (exact) mass is 240 g/mol.